The van der Waals surface area contributed by atoms with Crippen LogP contribution in [0, 0.1) is 23.7 Å². The minimum Gasteiger partial charge on any atom is -0.462 e. The molecule has 0 amide bonds. The second-order valence-electron chi connectivity index (χ2n) is 30.2. The number of aliphatic hydroxyl groups excluding tert-OH is 1. The number of aliphatic hydroxyl groups is 1. The molecule has 17 nitrogen and oxygen atoms in total. The molecule has 7 atom stereocenters. The molecule has 0 bridgehead atoms. The van der Waals surface area contributed by atoms with E-state index in [0.717, 1.165) is 114 Å². The van der Waals surface area contributed by atoms with Crippen molar-refractivity contribution in [2.75, 3.05) is 39.6 Å². The molecule has 0 radical (unpaired) electrons. The van der Waals surface area contributed by atoms with Gasteiger partial charge in [0.1, 0.15) is 19.3 Å². The second kappa shape index (κ2) is 69.1. The molecule has 99 heavy (non-hydrogen) atoms. The molecule has 0 rings (SSSR count). The van der Waals surface area contributed by atoms with Gasteiger partial charge in [-0.2, -0.15) is 0 Å². The Labute approximate surface area is 607 Å². The lowest BCUT2D eigenvalue weighted by molar-refractivity contribution is -0.161. The lowest BCUT2D eigenvalue weighted by atomic mass is 9.99. The van der Waals surface area contributed by atoms with Crippen LogP contribution in [0.3, 0.4) is 0 Å². The number of ether oxygens (including phenoxy) is 4. The molecular weight excluding hydrogens is 1290 g/mol. The monoisotopic (exact) mass is 1450 g/mol. The Balaban J connectivity index is 5.25. The van der Waals surface area contributed by atoms with Gasteiger partial charge in [0.25, 0.3) is 0 Å². The zero-order valence-electron chi connectivity index (χ0n) is 65.1. The topological polar surface area (TPSA) is 237 Å². The summed E-state index contributed by atoms with van der Waals surface area (Å²) in [5.41, 5.74) is 0. The van der Waals surface area contributed by atoms with Gasteiger partial charge in [-0.3, -0.25) is 37.3 Å². The first-order chi connectivity index (χ1) is 47.7. The van der Waals surface area contributed by atoms with E-state index < -0.39 is 97.5 Å². The average molecular weight is 1450 g/mol. The first kappa shape index (κ1) is 97.1. The number of phosphoric ester groups is 2. The van der Waals surface area contributed by atoms with Gasteiger partial charge in [0.05, 0.1) is 26.4 Å². The number of carbonyl (C=O) groups is 4. The molecule has 19 heteroatoms. The predicted octanol–water partition coefficient (Wildman–Crippen LogP) is 23.6. The summed E-state index contributed by atoms with van der Waals surface area (Å²) in [7, 11) is -9.92. The fourth-order valence-corrected chi connectivity index (χ4v) is 13.8. The zero-order chi connectivity index (χ0) is 73.1. The summed E-state index contributed by atoms with van der Waals surface area (Å²) in [6.07, 6.45) is 55.4. The fourth-order valence-electron chi connectivity index (χ4n) is 12.2. The molecule has 0 fully saturated rings. The lowest BCUT2D eigenvalue weighted by Gasteiger charge is -2.21. The highest BCUT2D eigenvalue weighted by molar-refractivity contribution is 7.47. The number of rotatable bonds is 77. The van der Waals surface area contributed by atoms with E-state index in [1.54, 1.807) is 0 Å². The van der Waals surface area contributed by atoms with Gasteiger partial charge >= 0.3 is 39.5 Å². The third kappa shape index (κ3) is 71.5. The minimum absolute atomic E-state index is 0.106. The van der Waals surface area contributed by atoms with Gasteiger partial charge < -0.3 is 33.8 Å². The molecule has 0 spiro atoms. The van der Waals surface area contributed by atoms with Crippen LogP contribution in [0.4, 0.5) is 0 Å². The van der Waals surface area contributed by atoms with Crippen molar-refractivity contribution in [3.8, 4) is 0 Å². The molecular formula is C80H156O17P2. The molecule has 0 aliphatic rings. The molecule has 0 saturated heterocycles. The van der Waals surface area contributed by atoms with E-state index in [1.807, 2.05) is 0 Å². The Kier molecular flexibility index (Phi) is 67.8. The van der Waals surface area contributed by atoms with Crippen molar-refractivity contribution in [2.45, 2.75) is 427 Å². The number of unbranched alkanes of at least 4 members (excludes halogenated alkanes) is 41. The van der Waals surface area contributed by atoms with Crippen LogP contribution in [0.2, 0.25) is 0 Å². The van der Waals surface area contributed by atoms with Gasteiger partial charge in [-0.15, -0.1) is 0 Å². The van der Waals surface area contributed by atoms with Gasteiger partial charge in [-0.1, -0.05) is 357 Å². The summed E-state index contributed by atoms with van der Waals surface area (Å²) in [6, 6.07) is 0. The molecule has 0 aromatic rings. The summed E-state index contributed by atoms with van der Waals surface area (Å²) in [6.45, 7) is 14.3. The summed E-state index contributed by atoms with van der Waals surface area (Å²) in [5.74, 6) is 1.04. The standard InChI is InChI=1S/C80H156O17P2/c1-9-72(7)58-50-42-34-26-20-16-12-14-18-22-30-38-47-55-63-80(85)97-76(67-91-78(83)61-53-45-39-31-33-41-49-57-71(5)6)69-95-99(88,89)93-65-74(81)64-92-98(86,87)94-68-75(66-90-77(82)60-52-44-36-28-24-23-27-35-43-51-59-73(8)10-2)96-79(84)62-54-46-37-29-21-17-13-11-15-19-25-32-40-48-56-70(3)4/h70-76,81H,9-69H2,1-8H3,(H,86,87)(H,88,89)/t72?,73?,74?,75-,76-/m1/s1. The van der Waals surface area contributed by atoms with Crippen LogP contribution in [-0.4, -0.2) is 96.7 Å². The van der Waals surface area contributed by atoms with E-state index in [2.05, 4.69) is 55.4 Å². The fraction of sp³-hybridized carbons (Fsp3) is 0.950. The van der Waals surface area contributed by atoms with Crippen LogP contribution < -0.4 is 0 Å². The average Bonchev–Trinajstić information content (AvgIpc) is 1.19. The van der Waals surface area contributed by atoms with Crippen molar-refractivity contribution in [2.24, 2.45) is 23.7 Å². The van der Waals surface area contributed by atoms with E-state index in [-0.39, 0.29) is 25.7 Å². The van der Waals surface area contributed by atoms with Crippen LogP contribution in [0.5, 0.6) is 0 Å². The summed E-state index contributed by atoms with van der Waals surface area (Å²) < 4.78 is 68.7. The predicted molar refractivity (Wildman–Crippen MR) is 404 cm³/mol. The minimum atomic E-state index is -4.96. The van der Waals surface area contributed by atoms with Crippen LogP contribution in [0.1, 0.15) is 409 Å². The number of phosphoric acid groups is 2. The first-order valence-corrected chi connectivity index (χ1v) is 44.3. The van der Waals surface area contributed by atoms with Gasteiger partial charge in [0.2, 0.25) is 0 Å². The Morgan fingerprint density at radius 2 is 0.485 bits per heavy atom. The van der Waals surface area contributed by atoms with Gasteiger partial charge in [0, 0.05) is 25.7 Å². The highest BCUT2D eigenvalue weighted by Crippen LogP contribution is 2.45. The number of esters is 4. The lowest BCUT2D eigenvalue weighted by Crippen LogP contribution is -2.30. The zero-order valence-corrected chi connectivity index (χ0v) is 66.9. The van der Waals surface area contributed by atoms with Crippen LogP contribution >= 0.6 is 15.6 Å². The first-order valence-electron chi connectivity index (χ1n) is 41.3. The normalized spacial score (nSPS) is 14.6. The Morgan fingerprint density at radius 3 is 0.717 bits per heavy atom. The maximum atomic E-state index is 13.1. The van der Waals surface area contributed by atoms with Gasteiger partial charge in [-0.05, 0) is 49.4 Å². The molecule has 0 aliphatic carbocycles. The Morgan fingerprint density at radius 1 is 0.283 bits per heavy atom. The van der Waals surface area contributed by atoms with E-state index in [4.69, 9.17) is 37.0 Å². The maximum Gasteiger partial charge on any atom is 0.472 e. The summed E-state index contributed by atoms with van der Waals surface area (Å²) >= 11 is 0. The quantitative estimate of drug-likeness (QED) is 0.0222. The van der Waals surface area contributed by atoms with E-state index in [1.165, 1.54) is 205 Å². The van der Waals surface area contributed by atoms with Crippen molar-refractivity contribution in [3.05, 3.63) is 0 Å². The second-order valence-corrected chi connectivity index (χ2v) is 33.1. The summed E-state index contributed by atoms with van der Waals surface area (Å²) in [5, 5.41) is 10.6. The highest BCUT2D eigenvalue weighted by Gasteiger charge is 2.30. The molecule has 5 unspecified atom stereocenters. The summed E-state index contributed by atoms with van der Waals surface area (Å²) in [4.78, 5) is 73.0. The van der Waals surface area contributed by atoms with Crippen molar-refractivity contribution in [1.29, 1.82) is 0 Å². The number of hydrogen-bond acceptors (Lipinski definition) is 15. The molecule has 0 aromatic carbocycles. The highest BCUT2D eigenvalue weighted by atomic mass is 31.2. The van der Waals surface area contributed by atoms with E-state index in [0.29, 0.717) is 31.6 Å². The maximum absolute atomic E-state index is 13.1. The third-order valence-electron chi connectivity index (χ3n) is 19.3. The van der Waals surface area contributed by atoms with Gasteiger partial charge in [-0.25, -0.2) is 9.13 Å². The van der Waals surface area contributed by atoms with E-state index in [9.17, 15) is 43.2 Å². The Hall–Kier alpha value is -1.94. The largest absolute Gasteiger partial charge is 0.472 e. The molecule has 588 valence electrons. The van der Waals surface area contributed by atoms with Gasteiger partial charge in [0.15, 0.2) is 12.2 Å². The molecule has 0 aliphatic heterocycles. The molecule has 0 heterocycles. The van der Waals surface area contributed by atoms with Crippen molar-refractivity contribution >= 4 is 39.5 Å². The Bertz CT molecular complexity index is 1940. The smallest absolute Gasteiger partial charge is 0.462 e. The van der Waals surface area contributed by atoms with Crippen LogP contribution in [0.15, 0.2) is 0 Å². The SMILES string of the molecule is CCC(C)CCCCCCCCCCCCCCCCC(=O)O[C@H](COC(=O)CCCCCCCCCC(C)C)COP(=O)(O)OCC(O)COP(=O)(O)OC[C@@H](COC(=O)CCCCCCCCCCCCC(C)CC)OC(=O)CCCCCCCCCCCCCCCCC(C)C. The van der Waals surface area contributed by atoms with Crippen LogP contribution in [-0.2, 0) is 65.4 Å². The van der Waals surface area contributed by atoms with Crippen molar-refractivity contribution < 1.29 is 80.2 Å². The van der Waals surface area contributed by atoms with E-state index >= 15 is 0 Å². The third-order valence-corrected chi connectivity index (χ3v) is 21.2. The molecule has 3 N–H and O–H groups in total. The van der Waals surface area contributed by atoms with Crippen LogP contribution in [0.25, 0.3) is 0 Å². The van der Waals surface area contributed by atoms with Crippen molar-refractivity contribution in [3.63, 3.8) is 0 Å². The van der Waals surface area contributed by atoms with Crippen molar-refractivity contribution in [1.82, 2.24) is 0 Å². The molecule has 0 aromatic heterocycles. The number of hydrogen-bond donors (Lipinski definition) is 3. The number of carbonyl (C=O) groups excluding carboxylic acids is 4. The molecule has 0 saturated carbocycles.